The number of amides is 1. The van der Waals surface area contributed by atoms with Crippen LogP contribution in [-0.4, -0.2) is 37.4 Å². The van der Waals surface area contributed by atoms with Crippen LogP contribution in [0.25, 0.3) is 11.2 Å². The number of hydrogen-bond donors (Lipinski definition) is 0. The first-order valence-electron chi connectivity index (χ1n) is 8.17. The summed E-state index contributed by atoms with van der Waals surface area (Å²) in [6.45, 7) is 0.497. The summed E-state index contributed by atoms with van der Waals surface area (Å²) in [6.07, 6.45) is 8.43. The van der Waals surface area contributed by atoms with Crippen LogP contribution in [0.4, 0.5) is 0 Å². The number of hydrogen-bond acceptors (Lipinski definition) is 5. The fourth-order valence-corrected chi connectivity index (χ4v) is 3.89. The van der Waals surface area contributed by atoms with E-state index >= 15 is 0 Å². The van der Waals surface area contributed by atoms with E-state index < -0.39 is 0 Å². The highest BCUT2D eigenvalue weighted by Crippen LogP contribution is 2.31. The minimum Gasteiger partial charge on any atom is -0.336 e. The van der Waals surface area contributed by atoms with Gasteiger partial charge in [-0.2, -0.15) is 0 Å². The van der Waals surface area contributed by atoms with Gasteiger partial charge in [0, 0.05) is 24.7 Å². The average molecular weight is 341 g/mol. The lowest BCUT2D eigenvalue weighted by Crippen LogP contribution is -2.26. The molecule has 0 spiro atoms. The maximum Gasteiger partial charge on any atom is 0.255 e. The second-order valence-electron chi connectivity index (χ2n) is 6.30. The van der Waals surface area contributed by atoms with Crippen molar-refractivity contribution >= 4 is 28.4 Å². The molecule has 1 amide bonds. The zero-order valence-electron chi connectivity index (χ0n) is 13.6. The van der Waals surface area contributed by atoms with Crippen molar-refractivity contribution in [2.24, 2.45) is 0 Å². The van der Waals surface area contributed by atoms with Crippen LogP contribution < -0.4 is 0 Å². The number of pyridine rings is 1. The molecule has 0 saturated heterocycles. The van der Waals surface area contributed by atoms with E-state index in [0.717, 1.165) is 16.9 Å². The van der Waals surface area contributed by atoms with Gasteiger partial charge in [0.05, 0.1) is 29.6 Å². The second-order valence-corrected chi connectivity index (χ2v) is 7.02. The summed E-state index contributed by atoms with van der Waals surface area (Å²) in [7, 11) is 1.78. The average Bonchev–Trinajstić information content (AvgIpc) is 3.33. The Labute approximate surface area is 144 Å². The number of carbonyl (C=O) groups excluding carboxylic acids is 1. The molecule has 0 aromatic carbocycles. The molecule has 6 nitrogen and oxygen atoms in total. The number of aromatic nitrogens is 4. The normalized spacial score (nSPS) is 15.2. The molecule has 4 rings (SSSR count). The molecule has 0 unspecified atom stereocenters. The first-order valence-corrected chi connectivity index (χ1v) is 9.12. The number of rotatable bonds is 4. The molecule has 0 atom stereocenters. The molecule has 0 radical (unpaired) electrons. The van der Waals surface area contributed by atoms with Crippen molar-refractivity contribution in [2.75, 3.05) is 7.05 Å². The van der Waals surface area contributed by atoms with Gasteiger partial charge in [-0.15, -0.1) is 11.3 Å². The molecule has 24 heavy (non-hydrogen) atoms. The highest BCUT2D eigenvalue weighted by Gasteiger charge is 2.20. The van der Waals surface area contributed by atoms with Crippen molar-refractivity contribution in [2.45, 2.75) is 38.3 Å². The molecule has 3 heterocycles. The fourth-order valence-electron chi connectivity index (χ4n) is 3.34. The van der Waals surface area contributed by atoms with Crippen molar-refractivity contribution in [3.05, 3.63) is 40.7 Å². The molecule has 1 aliphatic carbocycles. The third kappa shape index (κ3) is 2.80. The van der Waals surface area contributed by atoms with Crippen LogP contribution in [0.5, 0.6) is 0 Å². The Morgan fingerprint density at radius 3 is 2.92 bits per heavy atom. The molecule has 0 N–H and O–H groups in total. The first-order chi connectivity index (χ1) is 11.7. The van der Waals surface area contributed by atoms with Gasteiger partial charge in [-0.3, -0.25) is 4.79 Å². The molecule has 3 aromatic rings. The predicted octanol–water partition coefficient (Wildman–Crippen LogP) is 3.28. The third-order valence-electron chi connectivity index (χ3n) is 4.61. The Morgan fingerprint density at radius 2 is 2.17 bits per heavy atom. The number of imidazole rings is 1. The van der Waals surface area contributed by atoms with Crippen LogP contribution >= 0.6 is 11.3 Å². The van der Waals surface area contributed by atoms with Crippen molar-refractivity contribution in [1.82, 2.24) is 24.4 Å². The molecule has 124 valence electrons. The predicted molar refractivity (Wildman–Crippen MR) is 92.9 cm³/mol. The monoisotopic (exact) mass is 341 g/mol. The maximum atomic E-state index is 12.6. The summed E-state index contributed by atoms with van der Waals surface area (Å²) in [5, 5.41) is 1.95. The topological polar surface area (TPSA) is 63.9 Å². The lowest BCUT2D eigenvalue weighted by molar-refractivity contribution is 0.0783. The highest BCUT2D eigenvalue weighted by atomic mass is 32.1. The van der Waals surface area contributed by atoms with Crippen LogP contribution in [0.1, 0.15) is 47.8 Å². The van der Waals surface area contributed by atoms with E-state index in [4.69, 9.17) is 0 Å². The molecule has 1 fully saturated rings. The summed E-state index contributed by atoms with van der Waals surface area (Å²) in [4.78, 5) is 27.5. The van der Waals surface area contributed by atoms with Gasteiger partial charge in [-0.25, -0.2) is 15.0 Å². The minimum atomic E-state index is -0.0622. The van der Waals surface area contributed by atoms with E-state index in [-0.39, 0.29) is 5.91 Å². The van der Waals surface area contributed by atoms with Gasteiger partial charge in [0.2, 0.25) is 0 Å². The van der Waals surface area contributed by atoms with Crippen molar-refractivity contribution in [3.8, 4) is 0 Å². The largest absolute Gasteiger partial charge is 0.336 e. The maximum absolute atomic E-state index is 12.6. The number of fused-ring (bicyclic) bond motifs is 1. The van der Waals surface area contributed by atoms with Gasteiger partial charge in [0.25, 0.3) is 5.91 Å². The van der Waals surface area contributed by atoms with Gasteiger partial charge < -0.3 is 9.47 Å². The van der Waals surface area contributed by atoms with E-state index in [1.54, 1.807) is 23.7 Å². The van der Waals surface area contributed by atoms with Gasteiger partial charge in [0.1, 0.15) is 5.52 Å². The van der Waals surface area contributed by atoms with Crippen molar-refractivity contribution in [3.63, 3.8) is 0 Å². The third-order valence-corrected chi connectivity index (χ3v) is 5.24. The Kier molecular flexibility index (Phi) is 4.02. The molecular formula is C17H19N5OS. The molecule has 0 bridgehead atoms. The summed E-state index contributed by atoms with van der Waals surface area (Å²) in [5.41, 5.74) is 4.90. The Bertz CT molecular complexity index is 851. The van der Waals surface area contributed by atoms with Gasteiger partial charge in [-0.1, -0.05) is 12.8 Å². The van der Waals surface area contributed by atoms with E-state index in [9.17, 15) is 4.79 Å². The van der Waals surface area contributed by atoms with Gasteiger partial charge in [0.15, 0.2) is 5.65 Å². The summed E-state index contributed by atoms with van der Waals surface area (Å²) in [5.74, 6) is -0.0622. The second kappa shape index (κ2) is 6.32. The van der Waals surface area contributed by atoms with Gasteiger partial charge in [-0.05, 0) is 18.9 Å². The summed E-state index contributed by atoms with van der Waals surface area (Å²) >= 11 is 1.53. The van der Waals surface area contributed by atoms with Crippen molar-refractivity contribution < 1.29 is 4.79 Å². The quantitative estimate of drug-likeness (QED) is 0.730. The fraction of sp³-hybridized carbons (Fsp3) is 0.412. The highest BCUT2D eigenvalue weighted by molar-refractivity contribution is 7.07. The van der Waals surface area contributed by atoms with Crippen LogP contribution in [0, 0.1) is 0 Å². The van der Waals surface area contributed by atoms with Gasteiger partial charge >= 0.3 is 0 Å². The van der Waals surface area contributed by atoms with Crippen LogP contribution in [0.2, 0.25) is 0 Å². The van der Waals surface area contributed by atoms with Crippen LogP contribution in [-0.2, 0) is 6.54 Å². The molecular weight excluding hydrogens is 322 g/mol. The zero-order valence-corrected chi connectivity index (χ0v) is 14.4. The Balaban J connectivity index is 1.57. The van der Waals surface area contributed by atoms with Crippen LogP contribution in [0.15, 0.2) is 29.5 Å². The standard InChI is InChI=1S/C17H19N5OS/c1-21(8-13-9-24-11-20-13)17(23)12-6-15-16(18-7-12)22(10-19-15)14-4-2-3-5-14/h6-7,9-11,14H,2-5,8H2,1H3. The smallest absolute Gasteiger partial charge is 0.255 e. The SMILES string of the molecule is CN(Cc1cscn1)C(=O)c1cnc2c(c1)ncn2C1CCCC1. The minimum absolute atomic E-state index is 0.0622. The Morgan fingerprint density at radius 1 is 1.33 bits per heavy atom. The molecule has 1 aliphatic rings. The lowest BCUT2D eigenvalue weighted by Gasteiger charge is -2.16. The number of carbonyl (C=O) groups is 1. The van der Waals surface area contributed by atoms with E-state index in [1.807, 2.05) is 17.8 Å². The molecule has 3 aromatic heterocycles. The zero-order chi connectivity index (χ0) is 16.5. The van der Waals surface area contributed by atoms with E-state index in [1.165, 1.54) is 37.0 Å². The number of thiazole rings is 1. The Hall–Kier alpha value is -2.28. The lowest BCUT2D eigenvalue weighted by atomic mass is 10.2. The van der Waals surface area contributed by atoms with Crippen molar-refractivity contribution in [1.29, 1.82) is 0 Å². The summed E-state index contributed by atoms with van der Waals surface area (Å²) < 4.78 is 2.16. The first kappa shape index (κ1) is 15.3. The summed E-state index contributed by atoms with van der Waals surface area (Å²) in [6, 6.07) is 2.34. The van der Waals surface area contributed by atoms with E-state index in [0.29, 0.717) is 18.2 Å². The molecule has 1 saturated carbocycles. The molecule has 7 heteroatoms. The van der Waals surface area contributed by atoms with Crippen LogP contribution in [0.3, 0.4) is 0 Å². The molecule has 0 aliphatic heterocycles. The van der Waals surface area contributed by atoms with E-state index in [2.05, 4.69) is 19.5 Å². The number of nitrogens with zero attached hydrogens (tertiary/aromatic N) is 5.